The Bertz CT molecular complexity index is 1490. The number of hydrogen-bond donors (Lipinski definition) is 1. The second-order valence-electron chi connectivity index (χ2n) is 8.78. The van der Waals surface area contributed by atoms with Gasteiger partial charge in [0, 0.05) is 35.0 Å². The zero-order valence-electron chi connectivity index (χ0n) is 19.8. The molecule has 4 rings (SSSR count). The topological polar surface area (TPSA) is 85.2 Å². The zero-order valence-corrected chi connectivity index (χ0v) is 20.6. The fraction of sp³-hybridized carbons (Fsp3) is 0.259. The highest BCUT2D eigenvalue weighted by Crippen LogP contribution is 2.36. The van der Waals surface area contributed by atoms with Gasteiger partial charge in [-0.3, -0.25) is 9.59 Å². The maximum Gasteiger partial charge on any atom is 0.282 e. The average Bonchev–Trinajstić information content (AvgIpc) is 3.08. The predicted molar refractivity (Wildman–Crippen MR) is 135 cm³/mol. The molecule has 0 saturated carbocycles. The Kier molecular flexibility index (Phi) is 6.32. The molecule has 34 heavy (non-hydrogen) atoms. The number of nitrogens with zero attached hydrogens (tertiary/aromatic N) is 1. The van der Waals surface area contributed by atoms with E-state index in [1.165, 1.54) is 0 Å². The molecule has 1 heterocycles. The molecule has 0 fully saturated rings. The molecule has 1 N–H and O–H groups in total. The fourth-order valence-electron chi connectivity index (χ4n) is 4.47. The monoisotopic (exact) mass is 476 g/mol. The predicted octanol–water partition coefficient (Wildman–Crippen LogP) is 4.47. The van der Waals surface area contributed by atoms with Crippen molar-refractivity contribution < 1.29 is 18.0 Å². The van der Waals surface area contributed by atoms with Crippen LogP contribution in [0.2, 0.25) is 0 Å². The van der Waals surface area contributed by atoms with Crippen LogP contribution in [0.15, 0.2) is 54.6 Å². The number of fused-ring (bicyclic) bond motifs is 1. The van der Waals surface area contributed by atoms with Crippen molar-refractivity contribution in [2.24, 2.45) is 0 Å². The van der Waals surface area contributed by atoms with Crippen molar-refractivity contribution in [2.45, 2.75) is 40.2 Å². The maximum absolute atomic E-state index is 13.4. The first-order valence-electron chi connectivity index (χ1n) is 11.2. The molecule has 0 saturated heterocycles. The van der Waals surface area contributed by atoms with Gasteiger partial charge in [0.05, 0.1) is 6.26 Å². The lowest BCUT2D eigenvalue weighted by Gasteiger charge is -2.15. The van der Waals surface area contributed by atoms with Gasteiger partial charge >= 0.3 is 0 Å². The van der Waals surface area contributed by atoms with Crippen LogP contribution in [-0.4, -0.2) is 30.9 Å². The Morgan fingerprint density at radius 1 is 1.12 bits per heavy atom. The minimum absolute atomic E-state index is 0.108. The highest BCUT2D eigenvalue weighted by molar-refractivity contribution is 7.89. The van der Waals surface area contributed by atoms with Gasteiger partial charge in [0.25, 0.3) is 5.91 Å². The number of sulfonamides is 1. The van der Waals surface area contributed by atoms with Gasteiger partial charge in [0.1, 0.15) is 5.69 Å². The van der Waals surface area contributed by atoms with E-state index in [9.17, 15) is 18.0 Å². The van der Waals surface area contributed by atoms with Gasteiger partial charge in [-0.15, -0.1) is 0 Å². The number of allylic oxidation sites excluding steroid dienone is 4. The normalized spacial score (nSPS) is 13.9. The van der Waals surface area contributed by atoms with E-state index in [-0.39, 0.29) is 17.9 Å². The molecule has 1 aromatic heterocycles. The summed E-state index contributed by atoms with van der Waals surface area (Å²) < 4.78 is 28.0. The van der Waals surface area contributed by atoms with Crippen LogP contribution < -0.4 is 4.72 Å². The van der Waals surface area contributed by atoms with E-state index in [1.54, 1.807) is 18.2 Å². The van der Waals surface area contributed by atoms with E-state index < -0.39 is 15.9 Å². The SMILES string of the molecule is CCc1ccc2c(c1)c(C1=CC=CCC1=O)c(C(=O)NS(C)(=O)=O)n2Cc1ccc(C)cc1C. The molecular weight excluding hydrogens is 448 g/mol. The van der Waals surface area contributed by atoms with Crippen LogP contribution in [0, 0.1) is 13.8 Å². The maximum atomic E-state index is 13.4. The van der Waals surface area contributed by atoms with Crippen LogP contribution in [0.3, 0.4) is 0 Å². The van der Waals surface area contributed by atoms with Crippen molar-refractivity contribution in [1.82, 2.24) is 9.29 Å². The van der Waals surface area contributed by atoms with Gasteiger partial charge in [-0.05, 0) is 49.1 Å². The van der Waals surface area contributed by atoms with Gasteiger partial charge in [-0.1, -0.05) is 55.0 Å². The summed E-state index contributed by atoms with van der Waals surface area (Å²) >= 11 is 0. The van der Waals surface area contributed by atoms with Crippen molar-refractivity contribution in [1.29, 1.82) is 0 Å². The van der Waals surface area contributed by atoms with Crippen molar-refractivity contribution in [2.75, 3.05) is 6.26 Å². The van der Waals surface area contributed by atoms with E-state index in [2.05, 4.69) is 10.8 Å². The van der Waals surface area contributed by atoms with E-state index in [0.29, 0.717) is 17.7 Å². The highest BCUT2D eigenvalue weighted by Gasteiger charge is 2.29. The number of carbonyl (C=O) groups is 2. The van der Waals surface area contributed by atoms with Gasteiger partial charge in [0.15, 0.2) is 5.78 Å². The van der Waals surface area contributed by atoms with Crippen LogP contribution in [0.4, 0.5) is 0 Å². The first kappa shape index (κ1) is 23.7. The lowest BCUT2D eigenvalue weighted by molar-refractivity contribution is -0.113. The van der Waals surface area contributed by atoms with Crippen molar-refractivity contribution >= 4 is 38.2 Å². The van der Waals surface area contributed by atoms with Crippen LogP contribution in [0.25, 0.3) is 16.5 Å². The molecule has 1 aliphatic carbocycles. The fourth-order valence-corrected chi connectivity index (χ4v) is 4.90. The first-order chi connectivity index (χ1) is 16.1. The Hall–Kier alpha value is -3.45. The number of nitrogens with one attached hydrogen (secondary N) is 1. The molecule has 0 aliphatic heterocycles. The third kappa shape index (κ3) is 4.61. The number of amides is 1. The Labute approximate surface area is 200 Å². The molecule has 1 amide bonds. The van der Waals surface area contributed by atoms with Crippen molar-refractivity contribution in [3.63, 3.8) is 0 Å². The number of ketones is 1. The van der Waals surface area contributed by atoms with E-state index in [0.717, 1.165) is 45.8 Å². The van der Waals surface area contributed by atoms with Crippen LogP contribution in [0.1, 0.15) is 51.7 Å². The molecule has 0 bridgehead atoms. The minimum atomic E-state index is -3.82. The summed E-state index contributed by atoms with van der Waals surface area (Å²) in [6.45, 7) is 6.43. The molecule has 0 atom stereocenters. The number of carbonyl (C=O) groups excluding carboxylic acids is 2. The minimum Gasteiger partial charge on any atom is -0.331 e. The number of hydrogen-bond acceptors (Lipinski definition) is 4. The highest BCUT2D eigenvalue weighted by atomic mass is 32.2. The number of benzene rings is 2. The van der Waals surface area contributed by atoms with Crippen LogP contribution in [0.5, 0.6) is 0 Å². The van der Waals surface area contributed by atoms with E-state index in [1.807, 2.05) is 55.7 Å². The number of aromatic nitrogens is 1. The Balaban J connectivity index is 2.07. The standard InChI is InChI=1S/C27H28N2O4S/c1-5-19-11-13-23-22(15-19)25(21-8-6-7-9-24(21)30)26(27(31)28-34(4,32)33)29(23)16-20-12-10-17(2)14-18(20)3/h6-8,10-15H,5,9,16H2,1-4H3,(H,28,31). The molecular formula is C27H28N2O4S. The first-order valence-corrected chi connectivity index (χ1v) is 13.1. The smallest absolute Gasteiger partial charge is 0.282 e. The van der Waals surface area contributed by atoms with E-state index >= 15 is 0 Å². The number of rotatable bonds is 6. The summed E-state index contributed by atoms with van der Waals surface area (Å²) in [6, 6.07) is 12.0. The summed E-state index contributed by atoms with van der Waals surface area (Å²) in [5, 5.41) is 0.762. The van der Waals surface area contributed by atoms with Crippen molar-refractivity contribution in [3.05, 3.63) is 88.1 Å². The van der Waals surface area contributed by atoms with Gasteiger partial charge in [-0.2, -0.15) is 0 Å². The number of Topliss-reactive ketones (excluding diaryl/α,β-unsaturated/α-hetero) is 1. The summed E-state index contributed by atoms with van der Waals surface area (Å²) in [5.41, 5.74) is 6.10. The van der Waals surface area contributed by atoms with Gasteiger partial charge in [0.2, 0.25) is 10.0 Å². The molecule has 176 valence electrons. The second kappa shape index (κ2) is 9.06. The third-order valence-corrected chi connectivity index (χ3v) is 6.68. The van der Waals surface area contributed by atoms with Gasteiger partial charge in [-0.25, -0.2) is 13.1 Å². The molecule has 6 nitrogen and oxygen atoms in total. The molecule has 2 aromatic carbocycles. The third-order valence-electron chi connectivity index (χ3n) is 6.13. The lowest BCUT2D eigenvalue weighted by Crippen LogP contribution is -2.32. The van der Waals surface area contributed by atoms with E-state index in [4.69, 9.17) is 0 Å². The van der Waals surface area contributed by atoms with Crippen LogP contribution in [-0.2, 0) is 27.8 Å². The quantitative estimate of drug-likeness (QED) is 0.569. The molecule has 1 aliphatic rings. The van der Waals surface area contributed by atoms with Crippen LogP contribution >= 0.6 is 0 Å². The number of aryl methyl sites for hydroxylation is 3. The van der Waals surface area contributed by atoms with Crippen molar-refractivity contribution in [3.8, 4) is 0 Å². The molecule has 7 heteroatoms. The largest absolute Gasteiger partial charge is 0.331 e. The second-order valence-corrected chi connectivity index (χ2v) is 10.5. The lowest BCUT2D eigenvalue weighted by atomic mass is 9.93. The summed E-state index contributed by atoms with van der Waals surface area (Å²) in [4.78, 5) is 26.4. The summed E-state index contributed by atoms with van der Waals surface area (Å²) in [5.74, 6) is -0.858. The summed E-state index contributed by atoms with van der Waals surface area (Å²) in [7, 11) is -3.82. The Morgan fingerprint density at radius 3 is 2.53 bits per heavy atom. The Morgan fingerprint density at radius 2 is 1.88 bits per heavy atom. The average molecular weight is 477 g/mol. The molecule has 0 unspecified atom stereocenters. The van der Waals surface area contributed by atoms with Gasteiger partial charge < -0.3 is 4.57 Å². The molecule has 0 spiro atoms. The summed E-state index contributed by atoms with van der Waals surface area (Å²) in [6.07, 6.45) is 7.24. The molecule has 0 radical (unpaired) electrons. The molecule has 3 aromatic rings. The zero-order chi connectivity index (χ0) is 24.6.